The summed E-state index contributed by atoms with van der Waals surface area (Å²) in [5.74, 6) is -3.86. The third-order valence-corrected chi connectivity index (χ3v) is 4.10. The summed E-state index contributed by atoms with van der Waals surface area (Å²) in [4.78, 5) is 22.5. The zero-order valence-electron chi connectivity index (χ0n) is 9.12. The Morgan fingerprint density at radius 1 is 1.41 bits per heavy atom. The molecule has 2 fully saturated rings. The number of rotatable bonds is 3. The van der Waals surface area contributed by atoms with Crippen molar-refractivity contribution in [2.24, 2.45) is 23.5 Å². The van der Waals surface area contributed by atoms with Gasteiger partial charge in [-0.05, 0) is 18.8 Å². The van der Waals surface area contributed by atoms with Crippen LogP contribution in [0.2, 0.25) is 0 Å². The van der Waals surface area contributed by atoms with Crippen LogP contribution in [0.4, 0.5) is 0 Å². The van der Waals surface area contributed by atoms with Gasteiger partial charge in [0.1, 0.15) is 0 Å². The topological polar surface area (TPSA) is 124 Å². The molecule has 0 spiro atoms. The maximum atomic E-state index is 11.6. The standard InChI is InChI=1S/C9H13NO6S/c1-17(14,15)16-8(13)5-3-2-4-6(7(11)12)9(4,5)10/h4-6H,2-3,10H2,1H3,(H,11,12). The molecule has 0 radical (unpaired) electrons. The van der Waals surface area contributed by atoms with E-state index in [-0.39, 0.29) is 5.92 Å². The summed E-state index contributed by atoms with van der Waals surface area (Å²) in [5.41, 5.74) is 4.75. The Hall–Kier alpha value is -1.15. The summed E-state index contributed by atoms with van der Waals surface area (Å²) < 4.78 is 25.9. The van der Waals surface area contributed by atoms with E-state index in [0.717, 1.165) is 6.26 Å². The molecule has 3 N–H and O–H groups in total. The average Bonchev–Trinajstić information content (AvgIpc) is 2.56. The van der Waals surface area contributed by atoms with Crippen LogP contribution in [0, 0.1) is 17.8 Å². The number of hydrogen-bond acceptors (Lipinski definition) is 6. The number of nitrogens with two attached hydrogens (primary N) is 1. The highest BCUT2D eigenvalue weighted by atomic mass is 32.2. The van der Waals surface area contributed by atoms with E-state index >= 15 is 0 Å². The van der Waals surface area contributed by atoms with Gasteiger partial charge in [-0.15, -0.1) is 0 Å². The molecule has 0 amide bonds. The molecule has 0 aromatic carbocycles. The lowest BCUT2D eigenvalue weighted by molar-refractivity contribution is -0.141. The Kier molecular flexibility index (Phi) is 2.48. The summed E-state index contributed by atoms with van der Waals surface area (Å²) in [6, 6.07) is 0. The van der Waals surface area contributed by atoms with E-state index in [1.807, 2.05) is 0 Å². The molecule has 2 aliphatic rings. The molecule has 17 heavy (non-hydrogen) atoms. The second-order valence-corrected chi connectivity index (χ2v) is 6.23. The Morgan fingerprint density at radius 2 is 2.00 bits per heavy atom. The second-order valence-electron chi connectivity index (χ2n) is 4.66. The van der Waals surface area contributed by atoms with Gasteiger partial charge in [0.05, 0.1) is 18.1 Å². The van der Waals surface area contributed by atoms with Crippen LogP contribution in [0.25, 0.3) is 0 Å². The van der Waals surface area contributed by atoms with Gasteiger partial charge in [-0.2, -0.15) is 8.42 Å². The van der Waals surface area contributed by atoms with Crippen LogP contribution in [0.15, 0.2) is 0 Å². The van der Waals surface area contributed by atoms with E-state index in [1.165, 1.54) is 0 Å². The highest BCUT2D eigenvalue weighted by Crippen LogP contribution is 2.62. The molecule has 0 aromatic heterocycles. The molecule has 4 unspecified atom stereocenters. The van der Waals surface area contributed by atoms with Gasteiger partial charge in [-0.3, -0.25) is 9.59 Å². The highest BCUT2D eigenvalue weighted by molar-refractivity contribution is 7.86. The van der Waals surface area contributed by atoms with Gasteiger partial charge in [0.15, 0.2) is 0 Å². The summed E-state index contributed by atoms with van der Waals surface area (Å²) in [6.45, 7) is 0. The number of carbonyl (C=O) groups is 2. The molecule has 0 bridgehead atoms. The minimum atomic E-state index is -3.88. The number of carboxylic acids is 1. The highest BCUT2D eigenvalue weighted by Gasteiger charge is 2.74. The SMILES string of the molecule is CS(=O)(=O)OC(=O)C1CCC2C(C(=O)O)C12N. The lowest BCUT2D eigenvalue weighted by Gasteiger charge is -2.17. The fourth-order valence-electron chi connectivity index (χ4n) is 2.91. The molecule has 4 atom stereocenters. The van der Waals surface area contributed by atoms with Gasteiger partial charge in [-0.1, -0.05) is 0 Å². The maximum Gasteiger partial charge on any atom is 0.327 e. The van der Waals surface area contributed by atoms with Crippen LogP contribution < -0.4 is 5.73 Å². The van der Waals surface area contributed by atoms with Crippen LogP contribution in [-0.2, 0) is 23.9 Å². The molecule has 7 nitrogen and oxygen atoms in total. The molecule has 2 rings (SSSR count). The summed E-state index contributed by atoms with van der Waals surface area (Å²) in [7, 11) is -3.88. The third kappa shape index (κ3) is 1.81. The van der Waals surface area contributed by atoms with Crippen LogP contribution in [0.3, 0.4) is 0 Å². The first kappa shape index (κ1) is 12.3. The van der Waals surface area contributed by atoms with Crippen molar-refractivity contribution in [2.45, 2.75) is 18.4 Å². The molecule has 8 heteroatoms. The van der Waals surface area contributed by atoms with Crippen molar-refractivity contribution in [3.8, 4) is 0 Å². The fraction of sp³-hybridized carbons (Fsp3) is 0.778. The van der Waals surface area contributed by atoms with Gasteiger partial charge in [0.2, 0.25) is 0 Å². The van der Waals surface area contributed by atoms with E-state index in [9.17, 15) is 18.0 Å². The molecule has 0 aliphatic heterocycles. The molecule has 0 aromatic rings. The maximum absolute atomic E-state index is 11.6. The van der Waals surface area contributed by atoms with Crippen molar-refractivity contribution in [2.75, 3.05) is 6.26 Å². The quantitative estimate of drug-likeness (QED) is 0.621. The molecule has 96 valence electrons. The second kappa shape index (κ2) is 3.42. The first-order valence-electron chi connectivity index (χ1n) is 5.13. The summed E-state index contributed by atoms with van der Waals surface area (Å²) in [5, 5.41) is 8.91. The molecular formula is C9H13NO6S. The summed E-state index contributed by atoms with van der Waals surface area (Å²) >= 11 is 0. The van der Waals surface area contributed by atoms with Crippen LogP contribution >= 0.6 is 0 Å². The first-order valence-corrected chi connectivity index (χ1v) is 6.94. The number of hydrogen-bond donors (Lipinski definition) is 2. The Bertz CT molecular complexity index is 486. The van der Waals surface area contributed by atoms with Gasteiger partial charge in [-0.25, -0.2) is 0 Å². The average molecular weight is 263 g/mol. The Morgan fingerprint density at radius 3 is 2.41 bits per heavy atom. The predicted molar refractivity (Wildman–Crippen MR) is 55.2 cm³/mol. The van der Waals surface area contributed by atoms with Crippen molar-refractivity contribution in [1.29, 1.82) is 0 Å². The minimum Gasteiger partial charge on any atom is -0.481 e. The summed E-state index contributed by atoms with van der Waals surface area (Å²) in [6.07, 6.45) is 1.65. The predicted octanol–water partition coefficient (Wildman–Crippen LogP) is -1.07. The Labute approximate surface area is 98.1 Å². The van der Waals surface area contributed by atoms with E-state index in [0.29, 0.717) is 12.8 Å². The lowest BCUT2D eigenvalue weighted by atomic mass is 9.95. The molecular weight excluding hydrogens is 250 g/mol. The molecule has 0 saturated heterocycles. The minimum absolute atomic E-state index is 0.253. The number of carbonyl (C=O) groups excluding carboxylic acids is 1. The third-order valence-electron chi connectivity index (χ3n) is 3.63. The van der Waals surface area contributed by atoms with Crippen molar-refractivity contribution in [3.05, 3.63) is 0 Å². The molecule has 0 heterocycles. The zero-order valence-corrected chi connectivity index (χ0v) is 9.94. The smallest absolute Gasteiger partial charge is 0.327 e. The van der Waals surface area contributed by atoms with E-state index < -0.39 is 39.4 Å². The first-order chi connectivity index (χ1) is 7.68. The van der Waals surface area contributed by atoms with Crippen LogP contribution in [-0.4, -0.2) is 37.3 Å². The lowest BCUT2D eigenvalue weighted by Crippen LogP contribution is -2.41. The number of aliphatic carboxylic acids is 1. The zero-order chi connectivity index (χ0) is 13.0. The van der Waals surface area contributed by atoms with Crippen molar-refractivity contribution < 1.29 is 27.3 Å². The van der Waals surface area contributed by atoms with E-state index in [1.54, 1.807) is 0 Å². The van der Waals surface area contributed by atoms with E-state index in [2.05, 4.69) is 4.18 Å². The van der Waals surface area contributed by atoms with Crippen molar-refractivity contribution >= 4 is 22.1 Å². The van der Waals surface area contributed by atoms with Gasteiger partial charge < -0.3 is 15.0 Å². The fourth-order valence-corrected chi connectivity index (χ4v) is 3.32. The normalized spacial score (nSPS) is 39.5. The largest absolute Gasteiger partial charge is 0.481 e. The Balaban J connectivity index is 2.14. The van der Waals surface area contributed by atoms with Gasteiger partial charge in [0, 0.05) is 5.54 Å². The number of carboxylic acid groups (broad SMARTS) is 1. The van der Waals surface area contributed by atoms with Crippen LogP contribution in [0.5, 0.6) is 0 Å². The van der Waals surface area contributed by atoms with Crippen molar-refractivity contribution in [1.82, 2.24) is 0 Å². The van der Waals surface area contributed by atoms with Gasteiger partial charge in [0.25, 0.3) is 0 Å². The van der Waals surface area contributed by atoms with Crippen LogP contribution in [0.1, 0.15) is 12.8 Å². The molecule has 2 saturated carbocycles. The number of fused-ring (bicyclic) bond motifs is 1. The van der Waals surface area contributed by atoms with Crippen molar-refractivity contribution in [3.63, 3.8) is 0 Å². The monoisotopic (exact) mass is 263 g/mol. The molecule has 2 aliphatic carbocycles. The van der Waals surface area contributed by atoms with E-state index in [4.69, 9.17) is 10.8 Å². The van der Waals surface area contributed by atoms with Gasteiger partial charge >= 0.3 is 22.1 Å².